The summed E-state index contributed by atoms with van der Waals surface area (Å²) in [5, 5.41) is 2.48. The van der Waals surface area contributed by atoms with E-state index in [9.17, 15) is 0 Å². The lowest BCUT2D eigenvalue weighted by Gasteiger charge is -2.39. The maximum absolute atomic E-state index is 6.64. The SMILES string of the molecule is c1ccc(-c2ccc(N(c3ccccc3)c3cccc4c3-c3c(ccc5ccccc35)C43c4ccccc4Oc4ccccc43)cc2)cc1. The smallest absolute Gasteiger partial charge is 0.132 e. The van der Waals surface area contributed by atoms with Crippen LogP contribution in [0.25, 0.3) is 33.0 Å². The molecule has 0 bridgehead atoms. The summed E-state index contributed by atoms with van der Waals surface area (Å²) in [5.41, 5.74) is 12.6. The molecule has 49 heavy (non-hydrogen) atoms. The molecule has 0 amide bonds. The molecule has 0 saturated heterocycles. The van der Waals surface area contributed by atoms with Gasteiger partial charge in [-0.05, 0) is 81.1 Å². The Bertz CT molecular complexity index is 2470. The van der Waals surface area contributed by atoms with E-state index in [1.165, 1.54) is 55.3 Å². The monoisotopic (exact) mass is 625 g/mol. The van der Waals surface area contributed by atoms with Crippen LogP contribution in [0.15, 0.2) is 188 Å². The molecule has 0 saturated carbocycles. The third-order valence-electron chi connectivity index (χ3n) is 10.3. The fraction of sp³-hybridized carbons (Fsp3) is 0.0213. The molecule has 0 unspecified atom stereocenters. The van der Waals surface area contributed by atoms with Gasteiger partial charge < -0.3 is 9.64 Å². The Labute approximate surface area is 286 Å². The zero-order valence-corrected chi connectivity index (χ0v) is 26.8. The van der Waals surface area contributed by atoms with Crippen LogP contribution < -0.4 is 9.64 Å². The van der Waals surface area contributed by atoms with Crippen LogP contribution in [0.1, 0.15) is 22.3 Å². The first-order valence-electron chi connectivity index (χ1n) is 16.9. The topological polar surface area (TPSA) is 12.5 Å². The second-order valence-electron chi connectivity index (χ2n) is 12.8. The molecule has 0 aromatic heterocycles. The molecule has 1 aliphatic carbocycles. The third kappa shape index (κ3) is 4.01. The van der Waals surface area contributed by atoms with E-state index < -0.39 is 5.41 Å². The van der Waals surface area contributed by atoms with Gasteiger partial charge in [-0.15, -0.1) is 0 Å². The Morgan fingerprint density at radius 1 is 0.367 bits per heavy atom. The molecule has 2 aliphatic rings. The summed E-state index contributed by atoms with van der Waals surface area (Å²) in [5.74, 6) is 1.80. The normalized spacial score (nSPS) is 13.2. The van der Waals surface area contributed by atoms with Crippen molar-refractivity contribution in [1.82, 2.24) is 0 Å². The zero-order chi connectivity index (χ0) is 32.4. The maximum atomic E-state index is 6.64. The average molecular weight is 626 g/mol. The maximum Gasteiger partial charge on any atom is 0.132 e. The molecular weight excluding hydrogens is 595 g/mol. The number of fused-ring (bicyclic) bond motifs is 11. The quantitative estimate of drug-likeness (QED) is 0.193. The van der Waals surface area contributed by atoms with Gasteiger partial charge >= 0.3 is 0 Å². The first-order chi connectivity index (χ1) is 24.3. The van der Waals surface area contributed by atoms with Gasteiger partial charge in [-0.25, -0.2) is 0 Å². The van der Waals surface area contributed by atoms with Crippen LogP contribution in [0.2, 0.25) is 0 Å². The van der Waals surface area contributed by atoms with Gasteiger partial charge in [0.1, 0.15) is 11.5 Å². The number of benzene rings is 8. The molecule has 8 aromatic rings. The van der Waals surface area contributed by atoms with Gasteiger partial charge in [-0.3, -0.25) is 0 Å². The van der Waals surface area contributed by atoms with Gasteiger partial charge in [-0.2, -0.15) is 0 Å². The molecule has 8 aromatic carbocycles. The molecule has 1 spiro atoms. The number of anilines is 3. The van der Waals surface area contributed by atoms with Crippen molar-refractivity contribution in [3.8, 4) is 33.8 Å². The minimum atomic E-state index is -0.560. The van der Waals surface area contributed by atoms with E-state index in [1.54, 1.807) is 0 Å². The Hall–Kier alpha value is -6.38. The Kier molecular flexibility index (Phi) is 6.13. The lowest BCUT2D eigenvalue weighted by molar-refractivity contribution is 0.436. The molecule has 0 radical (unpaired) electrons. The van der Waals surface area contributed by atoms with Crippen molar-refractivity contribution in [2.45, 2.75) is 5.41 Å². The number of ether oxygens (including phenoxy) is 1. The van der Waals surface area contributed by atoms with Gasteiger partial charge in [-0.1, -0.05) is 146 Å². The second kappa shape index (κ2) is 10.8. The van der Waals surface area contributed by atoms with Crippen molar-refractivity contribution in [3.05, 3.63) is 210 Å². The third-order valence-corrected chi connectivity index (χ3v) is 10.3. The van der Waals surface area contributed by atoms with Crippen molar-refractivity contribution < 1.29 is 4.74 Å². The van der Waals surface area contributed by atoms with E-state index in [-0.39, 0.29) is 0 Å². The number of nitrogens with zero attached hydrogens (tertiary/aromatic N) is 1. The molecular formula is C47H31NO. The Morgan fingerprint density at radius 3 is 1.65 bits per heavy atom. The lowest BCUT2D eigenvalue weighted by Crippen LogP contribution is -2.32. The molecule has 0 atom stereocenters. The minimum Gasteiger partial charge on any atom is -0.457 e. The first kappa shape index (κ1) is 27.7. The number of hydrogen-bond acceptors (Lipinski definition) is 2. The first-order valence-corrected chi connectivity index (χ1v) is 16.9. The summed E-state index contributed by atoms with van der Waals surface area (Å²) in [7, 11) is 0. The predicted octanol–water partition coefficient (Wildman–Crippen LogP) is 12.4. The summed E-state index contributed by atoms with van der Waals surface area (Å²) in [6, 6.07) is 67.8. The highest BCUT2D eigenvalue weighted by Crippen LogP contribution is 2.65. The highest BCUT2D eigenvalue weighted by molar-refractivity contribution is 6.09. The highest BCUT2D eigenvalue weighted by Gasteiger charge is 2.52. The molecule has 2 nitrogen and oxygen atoms in total. The molecule has 1 aliphatic heterocycles. The Morgan fingerprint density at radius 2 is 0.918 bits per heavy atom. The van der Waals surface area contributed by atoms with Crippen molar-refractivity contribution in [2.75, 3.05) is 4.90 Å². The fourth-order valence-electron chi connectivity index (χ4n) is 8.31. The number of para-hydroxylation sites is 3. The molecule has 0 fully saturated rings. The van der Waals surface area contributed by atoms with Gasteiger partial charge in [0.2, 0.25) is 0 Å². The van der Waals surface area contributed by atoms with E-state index in [0.717, 1.165) is 28.6 Å². The van der Waals surface area contributed by atoms with Gasteiger partial charge in [0.15, 0.2) is 0 Å². The number of hydrogen-bond donors (Lipinski definition) is 0. The minimum absolute atomic E-state index is 0.560. The summed E-state index contributed by atoms with van der Waals surface area (Å²) in [6.45, 7) is 0. The summed E-state index contributed by atoms with van der Waals surface area (Å²) >= 11 is 0. The van der Waals surface area contributed by atoms with Crippen LogP contribution in [0.4, 0.5) is 17.1 Å². The van der Waals surface area contributed by atoms with E-state index in [4.69, 9.17) is 4.74 Å². The van der Waals surface area contributed by atoms with E-state index in [1.807, 2.05) is 0 Å². The van der Waals surface area contributed by atoms with Crippen molar-refractivity contribution in [1.29, 1.82) is 0 Å². The van der Waals surface area contributed by atoms with Crippen LogP contribution in [0.5, 0.6) is 11.5 Å². The molecule has 0 N–H and O–H groups in total. The molecule has 230 valence electrons. The summed E-state index contributed by atoms with van der Waals surface area (Å²) in [4.78, 5) is 2.43. The largest absolute Gasteiger partial charge is 0.457 e. The zero-order valence-electron chi connectivity index (χ0n) is 26.8. The van der Waals surface area contributed by atoms with E-state index >= 15 is 0 Å². The highest BCUT2D eigenvalue weighted by atomic mass is 16.5. The summed E-state index contributed by atoms with van der Waals surface area (Å²) < 4.78 is 6.64. The second-order valence-corrected chi connectivity index (χ2v) is 12.8. The van der Waals surface area contributed by atoms with Crippen LogP contribution in [-0.4, -0.2) is 0 Å². The molecule has 2 heteroatoms. The Balaban J connectivity index is 1.31. The van der Waals surface area contributed by atoms with E-state index in [2.05, 4.69) is 193 Å². The van der Waals surface area contributed by atoms with Gasteiger partial charge in [0, 0.05) is 28.1 Å². The fourth-order valence-corrected chi connectivity index (χ4v) is 8.31. The van der Waals surface area contributed by atoms with Crippen LogP contribution in [-0.2, 0) is 5.41 Å². The lowest BCUT2D eigenvalue weighted by atomic mass is 9.66. The predicted molar refractivity (Wildman–Crippen MR) is 201 cm³/mol. The number of rotatable bonds is 4. The van der Waals surface area contributed by atoms with Crippen LogP contribution in [0, 0.1) is 0 Å². The molecule has 10 rings (SSSR count). The van der Waals surface area contributed by atoms with Crippen molar-refractivity contribution in [3.63, 3.8) is 0 Å². The average Bonchev–Trinajstić information content (AvgIpc) is 3.48. The standard InChI is InChI=1S/C47H31NO/c1-3-14-32(15-4-1)33-26-29-36(30-27-33)48(35-17-5-2-6-18-35)42-23-13-22-40-46(42)45-37-19-8-7-16-34(37)28-31-41(45)47(40)38-20-9-11-24-43(38)49-44-25-12-10-21-39(44)47/h1-31H. The van der Waals surface area contributed by atoms with Crippen molar-refractivity contribution in [2.24, 2.45) is 0 Å². The van der Waals surface area contributed by atoms with Gasteiger partial charge in [0.05, 0.1) is 11.1 Å². The van der Waals surface area contributed by atoms with Crippen molar-refractivity contribution >= 4 is 27.8 Å². The van der Waals surface area contributed by atoms with Crippen LogP contribution in [0.3, 0.4) is 0 Å². The van der Waals surface area contributed by atoms with Crippen LogP contribution >= 0.6 is 0 Å². The van der Waals surface area contributed by atoms with E-state index in [0.29, 0.717) is 0 Å². The molecule has 1 heterocycles. The van der Waals surface area contributed by atoms with Gasteiger partial charge in [0.25, 0.3) is 0 Å². The summed E-state index contributed by atoms with van der Waals surface area (Å²) in [6.07, 6.45) is 0.